The van der Waals surface area contributed by atoms with E-state index in [1.165, 1.54) is 37.0 Å². The van der Waals surface area contributed by atoms with Crippen molar-refractivity contribution >= 4 is 22.4 Å². The van der Waals surface area contributed by atoms with Crippen LogP contribution in [0.2, 0.25) is 0 Å². The van der Waals surface area contributed by atoms with Gasteiger partial charge in [-0.05, 0) is 11.5 Å². The van der Waals surface area contributed by atoms with Crippen molar-refractivity contribution in [3.05, 3.63) is 40.9 Å². The molecule has 1 saturated carbocycles. The largest absolute Gasteiger partial charge is 0.300 e. The Morgan fingerprint density at radius 1 is 1.19 bits per heavy atom. The van der Waals surface area contributed by atoms with E-state index in [1.807, 2.05) is 30.3 Å². The molecule has 1 aromatic carbocycles. The maximum Gasteiger partial charge on any atom is 0.230 e. The van der Waals surface area contributed by atoms with Crippen molar-refractivity contribution in [3.63, 3.8) is 0 Å². The zero-order valence-electron chi connectivity index (χ0n) is 11.9. The van der Waals surface area contributed by atoms with E-state index < -0.39 is 0 Å². The van der Waals surface area contributed by atoms with Crippen LogP contribution < -0.4 is 5.32 Å². The van der Waals surface area contributed by atoms with Gasteiger partial charge in [-0.2, -0.15) is 0 Å². The third kappa shape index (κ3) is 4.11. The molecule has 0 bridgehead atoms. The Bertz CT molecular complexity index is 591. The van der Waals surface area contributed by atoms with Crippen LogP contribution in [0.1, 0.15) is 36.3 Å². The highest BCUT2D eigenvalue weighted by molar-refractivity contribution is 7.15. The van der Waals surface area contributed by atoms with Gasteiger partial charge in [0.1, 0.15) is 5.01 Å². The summed E-state index contributed by atoms with van der Waals surface area (Å²) in [6.07, 6.45) is 6.66. The number of hydrogen-bond donors (Lipinski definition) is 1. The smallest absolute Gasteiger partial charge is 0.230 e. The van der Waals surface area contributed by atoms with E-state index in [2.05, 4.69) is 15.5 Å². The fraction of sp³-hybridized carbons (Fsp3) is 0.438. The van der Waals surface area contributed by atoms with Gasteiger partial charge >= 0.3 is 0 Å². The molecule has 3 rings (SSSR count). The van der Waals surface area contributed by atoms with Crippen LogP contribution in [0.5, 0.6) is 0 Å². The molecule has 0 saturated heterocycles. The lowest BCUT2D eigenvalue weighted by molar-refractivity contribution is -0.115. The van der Waals surface area contributed by atoms with Crippen LogP contribution in [0, 0.1) is 5.92 Å². The fourth-order valence-corrected chi connectivity index (χ4v) is 3.66. The molecule has 1 N–H and O–H groups in total. The highest BCUT2D eigenvalue weighted by Gasteiger charge is 2.18. The van der Waals surface area contributed by atoms with Crippen molar-refractivity contribution in [1.29, 1.82) is 0 Å². The number of carbonyl (C=O) groups excluding carboxylic acids is 1. The van der Waals surface area contributed by atoms with Crippen LogP contribution in [0.3, 0.4) is 0 Å². The van der Waals surface area contributed by atoms with Crippen LogP contribution in [0.15, 0.2) is 30.3 Å². The van der Waals surface area contributed by atoms with E-state index in [9.17, 15) is 4.79 Å². The molecule has 1 fully saturated rings. The second-order valence-electron chi connectivity index (χ2n) is 5.57. The lowest BCUT2D eigenvalue weighted by Gasteiger charge is -2.03. The topological polar surface area (TPSA) is 54.9 Å². The molecule has 5 heteroatoms. The number of carbonyl (C=O) groups is 1. The van der Waals surface area contributed by atoms with Gasteiger partial charge in [0.25, 0.3) is 0 Å². The van der Waals surface area contributed by atoms with Crippen molar-refractivity contribution in [2.24, 2.45) is 5.92 Å². The number of nitrogens with zero attached hydrogens (tertiary/aromatic N) is 2. The first kappa shape index (κ1) is 14.2. The van der Waals surface area contributed by atoms with Gasteiger partial charge < -0.3 is 5.32 Å². The predicted octanol–water partition coefficient (Wildman–Crippen LogP) is 3.45. The Morgan fingerprint density at radius 3 is 2.71 bits per heavy atom. The van der Waals surface area contributed by atoms with Gasteiger partial charge in [0.15, 0.2) is 0 Å². The SMILES string of the molecule is O=C(Cc1ccccc1)Nc1nnc(CC2CCCC2)s1. The number of hydrogen-bond acceptors (Lipinski definition) is 4. The third-order valence-electron chi connectivity index (χ3n) is 3.86. The molecule has 0 radical (unpaired) electrons. The standard InChI is InChI=1S/C16H19N3OS/c20-14(10-12-6-2-1-3-7-12)17-16-19-18-15(21-16)11-13-8-4-5-9-13/h1-3,6-7,13H,4-5,8-11H2,(H,17,19,20). The summed E-state index contributed by atoms with van der Waals surface area (Å²) in [6.45, 7) is 0. The number of benzene rings is 1. The summed E-state index contributed by atoms with van der Waals surface area (Å²) in [5, 5.41) is 12.8. The number of rotatable bonds is 5. The van der Waals surface area contributed by atoms with Crippen LogP contribution in [0.25, 0.3) is 0 Å². The summed E-state index contributed by atoms with van der Waals surface area (Å²) in [5.41, 5.74) is 1.01. The molecule has 1 aliphatic carbocycles. The van der Waals surface area contributed by atoms with Crippen molar-refractivity contribution in [1.82, 2.24) is 10.2 Å². The Labute approximate surface area is 128 Å². The molecule has 0 atom stereocenters. The minimum absolute atomic E-state index is 0.0373. The summed E-state index contributed by atoms with van der Waals surface area (Å²) in [4.78, 5) is 12.0. The first-order valence-corrected chi connectivity index (χ1v) is 8.27. The molecule has 1 aliphatic rings. The zero-order valence-corrected chi connectivity index (χ0v) is 12.7. The van der Waals surface area contributed by atoms with Crippen LogP contribution >= 0.6 is 11.3 Å². The second kappa shape index (κ2) is 6.80. The first-order chi connectivity index (χ1) is 10.3. The molecular weight excluding hydrogens is 282 g/mol. The summed E-state index contributed by atoms with van der Waals surface area (Å²) < 4.78 is 0. The molecule has 1 amide bonds. The van der Waals surface area contributed by atoms with Crippen molar-refractivity contribution < 1.29 is 4.79 Å². The van der Waals surface area contributed by atoms with E-state index in [-0.39, 0.29) is 5.91 Å². The highest BCUT2D eigenvalue weighted by atomic mass is 32.1. The average molecular weight is 301 g/mol. The average Bonchev–Trinajstić information content (AvgIpc) is 3.13. The van der Waals surface area contributed by atoms with Crippen molar-refractivity contribution in [2.75, 3.05) is 5.32 Å². The van der Waals surface area contributed by atoms with Gasteiger partial charge in [0.05, 0.1) is 6.42 Å². The number of amides is 1. The second-order valence-corrected chi connectivity index (χ2v) is 6.63. The Balaban J connectivity index is 1.53. The molecule has 0 spiro atoms. The normalized spacial score (nSPS) is 15.2. The zero-order chi connectivity index (χ0) is 14.5. The fourth-order valence-electron chi connectivity index (χ4n) is 2.79. The van der Waals surface area contributed by atoms with Crippen molar-refractivity contribution in [3.8, 4) is 0 Å². The summed E-state index contributed by atoms with van der Waals surface area (Å²) in [7, 11) is 0. The molecule has 110 valence electrons. The van der Waals surface area contributed by atoms with Crippen LogP contribution in [-0.4, -0.2) is 16.1 Å². The molecule has 2 aromatic rings. The number of aromatic nitrogens is 2. The van der Waals surface area contributed by atoms with Crippen LogP contribution in [-0.2, 0) is 17.6 Å². The minimum Gasteiger partial charge on any atom is -0.300 e. The Morgan fingerprint density at radius 2 is 1.95 bits per heavy atom. The van der Waals surface area contributed by atoms with Gasteiger partial charge in [-0.3, -0.25) is 4.79 Å². The predicted molar refractivity (Wildman–Crippen MR) is 84.3 cm³/mol. The molecule has 4 nitrogen and oxygen atoms in total. The lowest BCUT2D eigenvalue weighted by atomic mass is 10.1. The van der Waals surface area contributed by atoms with E-state index in [0.29, 0.717) is 11.6 Å². The molecule has 1 heterocycles. The quantitative estimate of drug-likeness (QED) is 0.920. The maximum atomic E-state index is 12.0. The van der Waals surface area contributed by atoms with Gasteiger partial charge in [-0.25, -0.2) is 0 Å². The minimum atomic E-state index is -0.0373. The number of nitrogens with one attached hydrogen (secondary N) is 1. The Hall–Kier alpha value is -1.75. The van der Waals surface area contributed by atoms with E-state index in [0.717, 1.165) is 22.9 Å². The molecular formula is C16H19N3OS. The maximum absolute atomic E-state index is 12.0. The van der Waals surface area contributed by atoms with Crippen molar-refractivity contribution in [2.45, 2.75) is 38.5 Å². The summed E-state index contributed by atoms with van der Waals surface area (Å²) >= 11 is 1.50. The van der Waals surface area contributed by atoms with Gasteiger partial charge in [0, 0.05) is 6.42 Å². The summed E-state index contributed by atoms with van der Waals surface area (Å²) in [5.74, 6) is 0.718. The Kier molecular flexibility index (Phi) is 4.60. The molecule has 0 unspecified atom stereocenters. The molecule has 0 aliphatic heterocycles. The first-order valence-electron chi connectivity index (χ1n) is 7.46. The summed E-state index contributed by atoms with van der Waals surface area (Å²) in [6, 6.07) is 9.72. The van der Waals surface area contributed by atoms with Gasteiger partial charge in [-0.1, -0.05) is 67.4 Å². The highest BCUT2D eigenvalue weighted by Crippen LogP contribution is 2.29. The van der Waals surface area contributed by atoms with Gasteiger partial charge in [-0.15, -0.1) is 10.2 Å². The number of anilines is 1. The van der Waals surface area contributed by atoms with E-state index in [4.69, 9.17) is 0 Å². The van der Waals surface area contributed by atoms with Crippen LogP contribution in [0.4, 0.5) is 5.13 Å². The third-order valence-corrected chi connectivity index (χ3v) is 4.72. The molecule has 21 heavy (non-hydrogen) atoms. The van der Waals surface area contributed by atoms with Gasteiger partial charge in [0.2, 0.25) is 11.0 Å². The monoisotopic (exact) mass is 301 g/mol. The van der Waals surface area contributed by atoms with E-state index >= 15 is 0 Å². The lowest BCUT2D eigenvalue weighted by Crippen LogP contribution is -2.14. The molecule has 1 aromatic heterocycles. The van der Waals surface area contributed by atoms with E-state index in [1.54, 1.807) is 0 Å².